The Balaban J connectivity index is 1.79. The Hall–Kier alpha value is -2.69. The minimum Gasteiger partial charge on any atom is -0.493 e. The van der Waals surface area contributed by atoms with Crippen LogP contribution in [0.25, 0.3) is 11.0 Å². The topological polar surface area (TPSA) is 73.2 Å². The molecule has 0 aliphatic rings. The number of hydrogen-bond donors (Lipinski definition) is 2. The zero-order valence-corrected chi connectivity index (χ0v) is 11.1. The minimum atomic E-state index is 0.342. The predicted molar refractivity (Wildman–Crippen MR) is 77.8 cm³/mol. The van der Waals surface area contributed by atoms with Crippen molar-refractivity contribution in [1.82, 2.24) is 9.97 Å². The van der Waals surface area contributed by atoms with E-state index in [1.165, 1.54) is 0 Å². The van der Waals surface area contributed by atoms with E-state index < -0.39 is 0 Å². The quantitative estimate of drug-likeness (QED) is 0.714. The molecule has 2 aromatic carbocycles. The highest BCUT2D eigenvalue weighted by Gasteiger charge is 2.07. The van der Waals surface area contributed by atoms with Crippen LogP contribution in [-0.4, -0.2) is 17.1 Å². The average molecular weight is 269 g/mol. The van der Waals surface area contributed by atoms with Crippen molar-refractivity contribution in [1.29, 1.82) is 0 Å². The number of rotatable bonds is 4. The average Bonchev–Trinajstić information content (AvgIpc) is 2.88. The van der Waals surface area contributed by atoms with Gasteiger partial charge in [-0.05, 0) is 24.3 Å². The second kappa shape index (κ2) is 5.13. The van der Waals surface area contributed by atoms with Crippen molar-refractivity contribution in [2.24, 2.45) is 0 Å². The molecule has 0 fully saturated rings. The number of nitrogens with zero attached hydrogens (tertiary/aromatic N) is 1. The summed E-state index contributed by atoms with van der Waals surface area (Å²) in [5, 5.41) is 0. The lowest BCUT2D eigenvalue weighted by molar-refractivity contribution is 0.278. The molecule has 0 radical (unpaired) electrons. The zero-order chi connectivity index (χ0) is 13.9. The van der Waals surface area contributed by atoms with E-state index in [2.05, 4.69) is 9.97 Å². The van der Waals surface area contributed by atoms with E-state index in [4.69, 9.17) is 15.2 Å². The molecule has 102 valence electrons. The van der Waals surface area contributed by atoms with Gasteiger partial charge in [0.15, 0.2) is 11.5 Å². The lowest BCUT2D eigenvalue weighted by Crippen LogP contribution is -2.00. The summed E-state index contributed by atoms with van der Waals surface area (Å²) >= 11 is 0. The van der Waals surface area contributed by atoms with Gasteiger partial charge in [-0.3, -0.25) is 0 Å². The molecule has 0 unspecified atom stereocenters. The maximum absolute atomic E-state index is 5.72. The smallest absolute Gasteiger partial charge is 0.162 e. The Bertz CT molecular complexity index is 704. The van der Waals surface area contributed by atoms with Crippen LogP contribution in [0.15, 0.2) is 42.5 Å². The molecular weight excluding hydrogens is 254 g/mol. The van der Waals surface area contributed by atoms with E-state index in [0.29, 0.717) is 23.8 Å². The minimum absolute atomic E-state index is 0.342. The third kappa shape index (κ3) is 2.38. The van der Waals surface area contributed by atoms with Crippen molar-refractivity contribution in [2.45, 2.75) is 6.61 Å². The molecule has 0 saturated carbocycles. The molecule has 0 bridgehead atoms. The molecule has 20 heavy (non-hydrogen) atoms. The Morgan fingerprint density at radius 1 is 1.15 bits per heavy atom. The van der Waals surface area contributed by atoms with Gasteiger partial charge in [-0.1, -0.05) is 12.1 Å². The highest BCUT2D eigenvalue weighted by atomic mass is 16.5. The second-order valence-corrected chi connectivity index (χ2v) is 4.40. The van der Waals surface area contributed by atoms with Gasteiger partial charge in [0.05, 0.1) is 18.1 Å². The zero-order valence-electron chi connectivity index (χ0n) is 11.1. The maximum Gasteiger partial charge on any atom is 0.162 e. The number of anilines is 1. The molecule has 3 rings (SSSR count). The third-order valence-corrected chi connectivity index (χ3v) is 2.99. The number of aromatic nitrogens is 2. The molecule has 5 nitrogen and oxygen atoms in total. The summed E-state index contributed by atoms with van der Waals surface area (Å²) in [4.78, 5) is 7.67. The monoisotopic (exact) mass is 269 g/mol. The SMILES string of the molecule is COc1cc(N)ccc1OCc1nc2ccccc2[nH]1. The number of nitrogens with two attached hydrogens (primary N) is 1. The maximum atomic E-state index is 5.72. The van der Waals surface area contributed by atoms with Crippen LogP contribution in [0, 0.1) is 0 Å². The van der Waals surface area contributed by atoms with Gasteiger partial charge in [0.25, 0.3) is 0 Å². The number of imidazole rings is 1. The van der Waals surface area contributed by atoms with E-state index in [1.807, 2.05) is 24.3 Å². The lowest BCUT2D eigenvalue weighted by atomic mass is 10.3. The number of nitrogens with one attached hydrogen (secondary N) is 1. The fourth-order valence-electron chi connectivity index (χ4n) is 2.02. The number of benzene rings is 2. The summed E-state index contributed by atoms with van der Waals surface area (Å²) in [5.74, 6) is 2.02. The Kier molecular flexibility index (Phi) is 3.16. The summed E-state index contributed by atoms with van der Waals surface area (Å²) in [5.41, 5.74) is 8.27. The number of ether oxygens (including phenoxy) is 2. The number of para-hydroxylation sites is 2. The third-order valence-electron chi connectivity index (χ3n) is 2.99. The summed E-state index contributed by atoms with van der Waals surface area (Å²) in [6, 6.07) is 13.2. The van der Waals surface area contributed by atoms with Gasteiger partial charge in [0.1, 0.15) is 12.4 Å². The van der Waals surface area contributed by atoms with Gasteiger partial charge in [-0.15, -0.1) is 0 Å². The number of methoxy groups -OCH3 is 1. The van der Waals surface area contributed by atoms with E-state index in [9.17, 15) is 0 Å². The molecule has 0 aliphatic heterocycles. The first kappa shape index (κ1) is 12.3. The number of hydrogen-bond acceptors (Lipinski definition) is 4. The molecule has 0 atom stereocenters. The molecule has 1 aromatic heterocycles. The van der Waals surface area contributed by atoms with Gasteiger partial charge < -0.3 is 20.2 Å². The van der Waals surface area contributed by atoms with Gasteiger partial charge in [-0.2, -0.15) is 0 Å². The van der Waals surface area contributed by atoms with Crippen molar-refractivity contribution in [3.05, 3.63) is 48.3 Å². The molecule has 3 aromatic rings. The molecule has 1 heterocycles. The molecule has 0 aliphatic carbocycles. The number of nitrogen functional groups attached to an aromatic ring is 1. The van der Waals surface area contributed by atoms with Crippen LogP contribution in [0.2, 0.25) is 0 Å². The van der Waals surface area contributed by atoms with E-state index in [0.717, 1.165) is 16.9 Å². The number of aromatic amines is 1. The predicted octanol–water partition coefficient (Wildman–Crippen LogP) is 2.73. The summed E-state index contributed by atoms with van der Waals surface area (Å²) in [7, 11) is 1.59. The fraction of sp³-hybridized carbons (Fsp3) is 0.133. The van der Waals surface area contributed by atoms with Crippen molar-refractivity contribution >= 4 is 16.7 Å². The van der Waals surface area contributed by atoms with Gasteiger partial charge >= 0.3 is 0 Å². The molecular formula is C15H15N3O2. The fourth-order valence-corrected chi connectivity index (χ4v) is 2.02. The first-order valence-electron chi connectivity index (χ1n) is 6.26. The molecule has 0 amide bonds. The largest absolute Gasteiger partial charge is 0.493 e. The van der Waals surface area contributed by atoms with E-state index in [-0.39, 0.29) is 0 Å². The second-order valence-electron chi connectivity index (χ2n) is 4.40. The van der Waals surface area contributed by atoms with Crippen LogP contribution in [0.4, 0.5) is 5.69 Å². The van der Waals surface area contributed by atoms with Gasteiger partial charge in [0.2, 0.25) is 0 Å². The van der Waals surface area contributed by atoms with Crippen molar-refractivity contribution < 1.29 is 9.47 Å². The standard InChI is InChI=1S/C15H15N3O2/c1-19-14-8-10(16)6-7-13(14)20-9-15-17-11-4-2-3-5-12(11)18-15/h2-8H,9,16H2,1H3,(H,17,18). The molecule has 5 heteroatoms. The first-order valence-corrected chi connectivity index (χ1v) is 6.26. The van der Waals surface area contributed by atoms with Crippen LogP contribution < -0.4 is 15.2 Å². The highest BCUT2D eigenvalue weighted by Crippen LogP contribution is 2.29. The highest BCUT2D eigenvalue weighted by molar-refractivity contribution is 5.74. The number of H-pyrrole nitrogens is 1. The van der Waals surface area contributed by atoms with Crippen molar-refractivity contribution in [2.75, 3.05) is 12.8 Å². The molecule has 3 N–H and O–H groups in total. The van der Waals surface area contributed by atoms with Gasteiger partial charge in [0, 0.05) is 11.8 Å². The van der Waals surface area contributed by atoms with Crippen LogP contribution >= 0.6 is 0 Å². The van der Waals surface area contributed by atoms with Crippen molar-refractivity contribution in [3.8, 4) is 11.5 Å². The van der Waals surface area contributed by atoms with Crippen LogP contribution in [0.1, 0.15) is 5.82 Å². The summed E-state index contributed by atoms with van der Waals surface area (Å²) in [6.07, 6.45) is 0. The summed E-state index contributed by atoms with van der Waals surface area (Å²) < 4.78 is 11.0. The van der Waals surface area contributed by atoms with E-state index >= 15 is 0 Å². The normalized spacial score (nSPS) is 10.7. The van der Waals surface area contributed by atoms with Crippen LogP contribution in [0.3, 0.4) is 0 Å². The van der Waals surface area contributed by atoms with Gasteiger partial charge in [-0.25, -0.2) is 4.98 Å². The Morgan fingerprint density at radius 3 is 2.80 bits per heavy atom. The first-order chi connectivity index (χ1) is 9.76. The van der Waals surface area contributed by atoms with Crippen LogP contribution in [-0.2, 0) is 6.61 Å². The van der Waals surface area contributed by atoms with Crippen molar-refractivity contribution in [3.63, 3.8) is 0 Å². The Labute approximate surface area is 116 Å². The van der Waals surface area contributed by atoms with Crippen LogP contribution in [0.5, 0.6) is 11.5 Å². The van der Waals surface area contributed by atoms with E-state index in [1.54, 1.807) is 25.3 Å². The summed E-state index contributed by atoms with van der Waals surface area (Å²) in [6.45, 7) is 0.342. The number of fused-ring (bicyclic) bond motifs is 1. The molecule has 0 saturated heterocycles. The lowest BCUT2D eigenvalue weighted by Gasteiger charge is -2.09. The Morgan fingerprint density at radius 2 is 2.00 bits per heavy atom. The molecule has 0 spiro atoms.